The van der Waals surface area contributed by atoms with Crippen molar-refractivity contribution in [3.05, 3.63) is 0 Å². The van der Waals surface area contributed by atoms with Crippen molar-refractivity contribution in [2.45, 2.75) is 83.5 Å². The van der Waals surface area contributed by atoms with E-state index in [1.54, 1.807) is 0 Å². The second-order valence-corrected chi connectivity index (χ2v) is 7.15. The minimum absolute atomic E-state index is 0.196. The van der Waals surface area contributed by atoms with Crippen molar-refractivity contribution in [2.75, 3.05) is 6.54 Å². The van der Waals surface area contributed by atoms with Gasteiger partial charge in [-0.15, -0.1) is 0 Å². The number of carboxylic acids is 1. The van der Waals surface area contributed by atoms with Gasteiger partial charge in [0.15, 0.2) is 0 Å². The van der Waals surface area contributed by atoms with Crippen molar-refractivity contribution >= 4 is 5.97 Å². The average Bonchev–Trinajstić information content (AvgIpc) is 3.16. The first-order valence-electron chi connectivity index (χ1n) is 8.13. The number of rotatable bonds is 6. The van der Waals surface area contributed by atoms with E-state index in [0.717, 1.165) is 12.8 Å². The highest BCUT2D eigenvalue weighted by atomic mass is 16.4. The van der Waals surface area contributed by atoms with Crippen LogP contribution in [0.15, 0.2) is 0 Å². The fourth-order valence-corrected chi connectivity index (χ4v) is 3.76. The molecule has 3 atom stereocenters. The molecule has 2 rings (SSSR count). The Morgan fingerprint density at radius 1 is 1.25 bits per heavy atom. The predicted molar refractivity (Wildman–Crippen MR) is 80.8 cm³/mol. The number of aliphatic carboxylic acids is 1. The summed E-state index contributed by atoms with van der Waals surface area (Å²) in [7, 11) is 0. The Morgan fingerprint density at radius 3 is 2.20 bits per heavy atom. The van der Waals surface area contributed by atoms with Crippen LogP contribution in [0.5, 0.6) is 0 Å². The first-order chi connectivity index (χ1) is 9.36. The van der Waals surface area contributed by atoms with Gasteiger partial charge < -0.3 is 5.11 Å². The molecule has 1 saturated carbocycles. The van der Waals surface area contributed by atoms with Crippen LogP contribution in [-0.4, -0.2) is 46.2 Å². The molecule has 1 unspecified atom stereocenters. The quantitative estimate of drug-likeness (QED) is 0.786. The lowest BCUT2D eigenvalue weighted by atomic mass is 9.87. The molecule has 0 radical (unpaired) electrons. The number of nitrogens with one attached hydrogen (secondary N) is 1. The Kier molecular flexibility index (Phi) is 4.75. The maximum Gasteiger partial charge on any atom is 0.325 e. The Balaban J connectivity index is 2.19. The number of nitrogens with zero attached hydrogens (tertiary/aromatic N) is 1. The van der Waals surface area contributed by atoms with Gasteiger partial charge in [-0.25, -0.2) is 0 Å². The normalized spacial score (nSPS) is 31.2. The number of carbonyl (C=O) groups is 1. The van der Waals surface area contributed by atoms with E-state index in [0.29, 0.717) is 24.5 Å². The van der Waals surface area contributed by atoms with E-state index in [2.05, 4.69) is 24.1 Å². The lowest BCUT2D eigenvalue weighted by molar-refractivity contribution is -0.148. The molecule has 1 heterocycles. The van der Waals surface area contributed by atoms with Gasteiger partial charge in [0, 0.05) is 24.7 Å². The second-order valence-electron chi connectivity index (χ2n) is 7.15. The first-order valence-corrected chi connectivity index (χ1v) is 8.13. The summed E-state index contributed by atoms with van der Waals surface area (Å²) in [5.74, 6) is -0.373. The molecular weight excluding hydrogens is 252 g/mol. The highest BCUT2D eigenvalue weighted by molar-refractivity contribution is 5.80. The summed E-state index contributed by atoms with van der Waals surface area (Å²) in [6, 6.07) is 1.18. The molecule has 2 fully saturated rings. The van der Waals surface area contributed by atoms with E-state index < -0.39 is 11.5 Å². The molecule has 2 aliphatic rings. The standard InChI is InChI=1S/C16H30N2O2/c1-11(2)17-16(15(19)20,14-8-9-14)10-18-12(3)6-5-7-13(18)4/h11-14,17H,5-10H2,1-4H3,(H,19,20)/t12-,13+,16?. The molecule has 116 valence electrons. The van der Waals surface area contributed by atoms with Crippen molar-refractivity contribution in [1.29, 1.82) is 0 Å². The Bertz CT molecular complexity index is 344. The second kappa shape index (κ2) is 6.02. The van der Waals surface area contributed by atoms with E-state index in [4.69, 9.17) is 0 Å². The van der Waals surface area contributed by atoms with Crippen molar-refractivity contribution in [3.8, 4) is 0 Å². The number of hydrogen-bond donors (Lipinski definition) is 2. The summed E-state index contributed by atoms with van der Waals surface area (Å²) in [4.78, 5) is 14.5. The summed E-state index contributed by atoms with van der Waals surface area (Å²) >= 11 is 0. The monoisotopic (exact) mass is 282 g/mol. The molecular formula is C16H30N2O2. The van der Waals surface area contributed by atoms with Crippen LogP contribution in [-0.2, 0) is 4.79 Å². The van der Waals surface area contributed by atoms with Crippen molar-refractivity contribution in [3.63, 3.8) is 0 Å². The van der Waals surface area contributed by atoms with Gasteiger partial charge in [0.2, 0.25) is 0 Å². The van der Waals surface area contributed by atoms with Crippen LogP contribution in [0.4, 0.5) is 0 Å². The zero-order valence-electron chi connectivity index (χ0n) is 13.4. The highest BCUT2D eigenvalue weighted by Crippen LogP contribution is 2.42. The smallest absolute Gasteiger partial charge is 0.325 e. The van der Waals surface area contributed by atoms with E-state index in [1.165, 1.54) is 19.3 Å². The summed E-state index contributed by atoms with van der Waals surface area (Å²) in [6.45, 7) is 9.22. The predicted octanol–water partition coefficient (Wildman–Crippen LogP) is 2.48. The van der Waals surface area contributed by atoms with E-state index >= 15 is 0 Å². The zero-order valence-corrected chi connectivity index (χ0v) is 13.4. The minimum atomic E-state index is -0.756. The van der Waals surface area contributed by atoms with Gasteiger partial charge in [0.05, 0.1) is 0 Å². The molecule has 1 aliphatic heterocycles. The maximum atomic E-state index is 12.0. The fourth-order valence-electron chi connectivity index (χ4n) is 3.76. The van der Waals surface area contributed by atoms with Crippen LogP contribution in [0.2, 0.25) is 0 Å². The van der Waals surface area contributed by atoms with Crippen molar-refractivity contribution in [2.24, 2.45) is 5.92 Å². The lowest BCUT2D eigenvalue weighted by Crippen LogP contribution is -2.65. The molecule has 20 heavy (non-hydrogen) atoms. The molecule has 1 aliphatic carbocycles. The molecule has 2 N–H and O–H groups in total. The van der Waals surface area contributed by atoms with Crippen molar-refractivity contribution in [1.82, 2.24) is 10.2 Å². The Labute approximate surface area is 122 Å². The summed E-state index contributed by atoms with van der Waals surface area (Å²) in [5, 5.41) is 13.3. The third-order valence-corrected chi connectivity index (χ3v) is 5.01. The molecule has 4 nitrogen and oxygen atoms in total. The van der Waals surface area contributed by atoms with E-state index in [9.17, 15) is 9.90 Å². The SMILES string of the molecule is CC(C)NC(CN1[C@H](C)CCC[C@@H]1C)(C(=O)O)C1CC1. The van der Waals surface area contributed by atoms with Gasteiger partial charge >= 0.3 is 5.97 Å². The summed E-state index contributed by atoms with van der Waals surface area (Å²) < 4.78 is 0. The Morgan fingerprint density at radius 2 is 1.80 bits per heavy atom. The molecule has 0 spiro atoms. The molecule has 1 saturated heterocycles. The van der Waals surface area contributed by atoms with Crippen LogP contribution < -0.4 is 5.32 Å². The number of piperidine rings is 1. The highest BCUT2D eigenvalue weighted by Gasteiger charge is 2.53. The molecule has 0 aromatic heterocycles. The molecule has 4 heteroatoms. The van der Waals surface area contributed by atoms with E-state index in [1.807, 2.05) is 13.8 Å². The summed E-state index contributed by atoms with van der Waals surface area (Å²) in [6.07, 6.45) is 5.73. The van der Waals surface area contributed by atoms with Crippen LogP contribution in [0, 0.1) is 5.92 Å². The van der Waals surface area contributed by atoms with Crippen molar-refractivity contribution < 1.29 is 9.90 Å². The van der Waals surface area contributed by atoms with Gasteiger partial charge in [-0.2, -0.15) is 0 Å². The first kappa shape index (κ1) is 15.8. The van der Waals surface area contributed by atoms with Gasteiger partial charge in [-0.3, -0.25) is 15.0 Å². The largest absolute Gasteiger partial charge is 0.480 e. The summed E-state index contributed by atoms with van der Waals surface area (Å²) in [5.41, 5.74) is -0.756. The number of carboxylic acid groups (broad SMARTS) is 1. The average molecular weight is 282 g/mol. The minimum Gasteiger partial charge on any atom is -0.480 e. The van der Waals surface area contributed by atoms with Gasteiger partial charge in [0.25, 0.3) is 0 Å². The third-order valence-electron chi connectivity index (χ3n) is 5.01. The van der Waals surface area contributed by atoms with Gasteiger partial charge in [-0.1, -0.05) is 6.42 Å². The lowest BCUT2D eigenvalue weighted by Gasteiger charge is -2.45. The molecule has 0 amide bonds. The van der Waals surface area contributed by atoms with Gasteiger partial charge in [-0.05, 0) is 59.3 Å². The zero-order chi connectivity index (χ0) is 14.9. The molecule has 0 bridgehead atoms. The Hall–Kier alpha value is -0.610. The van der Waals surface area contributed by atoms with Crippen LogP contribution in [0.1, 0.15) is 59.8 Å². The van der Waals surface area contributed by atoms with Gasteiger partial charge in [0.1, 0.15) is 5.54 Å². The number of likely N-dealkylation sites (tertiary alicyclic amines) is 1. The van der Waals surface area contributed by atoms with Crippen LogP contribution in [0.3, 0.4) is 0 Å². The number of hydrogen-bond acceptors (Lipinski definition) is 3. The maximum absolute atomic E-state index is 12.0. The topological polar surface area (TPSA) is 52.6 Å². The third kappa shape index (κ3) is 3.17. The van der Waals surface area contributed by atoms with Crippen LogP contribution >= 0.6 is 0 Å². The van der Waals surface area contributed by atoms with E-state index in [-0.39, 0.29) is 6.04 Å². The molecule has 0 aromatic rings. The van der Waals surface area contributed by atoms with Crippen LogP contribution in [0.25, 0.3) is 0 Å². The fraction of sp³-hybridized carbons (Fsp3) is 0.938. The molecule has 0 aromatic carbocycles.